The molecular weight excluding hydrogens is 680 g/mol. The van der Waals surface area contributed by atoms with Crippen LogP contribution in [0.25, 0.3) is 11.3 Å². The van der Waals surface area contributed by atoms with Gasteiger partial charge in [0.15, 0.2) is 23.9 Å². The molecule has 45 heavy (non-hydrogen) atoms. The normalized spacial score (nSPS) is 11.2. The van der Waals surface area contributed by atoms with Crippen LogP contribution in [0.1, 0.15) is 56.4 Å². The van der Waals surface area contributed by atoms with Gasteiger partial charge < -0.3 is 30.4 Å². The monoisotopic (exact) mass is 710 g/mol. The van der Waals surface area contributed by atoms with Gasteiger partial charge in [0.05, 0.1) is 47.4 Å². The first-order valence-corrected chi connectivity index (χ1v) is 15.0. The minimum Gasteiger partial charge on any atom is -0.492 e. The molecule has 0 fully saturated rings. The highest BCUT2D eigenvalue weighted by Crippen LogP contribution is 2.37. The summed E-state index contributed by atoms with van der Waals surface area (Å²) in [5.41, 5.74) is 11.1. The standard InChI is InChI=1S/C15H21Cl2FN2O3.C14H11Cl2FN2O3/c1-3-4-5-6-7-9(2)23-10(21)8-22-15-12(17)13(19)11(16)14(18)20-15;1-21-13-7(15)4-3-6(11(13)17)9-5-8(18)10(16)12(19-9)14(20)22-2/h9H,3-8H2,1-2H3,(H2,19,20);3-5H,1-2H3,(H2,18,19). The Labute approximate surface area is 279 Å². The summed E-state index contributed by atoms with van der Waals surface area (Å²) in [4.78, 5) is 30.8. The molecule has 0 amide bonds. The smallest absolute Gasteiger partial charge is 0.358 e. The molecule has 0 radical (unpaired) electrons. The minimum atomic E-state index is -1.01. The van der Waals surface area contributed by atoms with Gasteiger partial charge in [-0.1, -0.05) is 72.6 Å². The van der Waals surface area contributed by atoms with E-state index in [4.69, 9.17) is 72.1 Å². The summed E-state index contributed by atoms with van der Waals surface area (Å²) < 4.78 is 47.5. The van der Waals surface area contributed by atoms with E-state index in [1.165, 1.54) is 32.4 Å². The molecule has 1 unspecified atom stereocenters. The lowest BCUT2D eigenvalue weighted by Gasteiger charge is -2.14. The molecule has 3 aromatic rings. The van der Waals surface area contributed by atoms with Crippen LogP contribution in [0.3, 0.4) is 0 Å². The molecule has 0 saturated carbocycles. The molecule has 246 valence electrons. The van der Waals surface area contributed by atoms with Crippen molar-refractivity contribution in [2.45, 2.75) is 52.1 Å². The summed E-state index contributed by atoms with van der Waals surface area (Å²) in [5.74, 6) is -3.52. The van der Waals surface area contributed by atoms with Gasteiger partial charge in [-0.3, -0.25) is 0 Å². The van der Waals surface area contributed by atoms with E-state index in [0.717, 1.165) is 32.1 Å². The third-order valence-corrected chi connectivity index (χ3v) is 7.48. The molecule has 0 aliphatic heterocycles. The lowest BCUT2D eigenvalue weighted by atomic mass is 10.1. The van der Waals surface area contributed by atoms with Crippen molar-refractivity contribution in [1.29, 1.82) is 0 Å². The van der Waals surface area contributed by atoms with Gasteiger partial charge in [-0.2, -0.15) is 9.37 Å². The van der Waals surface area contributed by atoms with Crippen molar-refractivity contribution in [2.75, 3.05) is 32.3 Å². The van der Waals surface area contributed by atoms with Crippen molar-refractivity contribution in [3.63, 3.8) is 0 Å². The van der Waals surface area contributed by atoms with Crippen molar-refractivity contribution >= 4 is 69.7 Å². The Morgan fingerprint density at radius 1 is 0.978 bits per heavy atom. The van der Waals surface area contributed by atoms with Gasteiger partial charge in [0.25, 0.3) is 0 Å². The molecule has 0 saturated heterocycles. The lowest BCUT2D eigenvalue weighted by Crippen LogP contribution is -2.21. The SMILES string of the molecule is CCCCCCC(C)OC(=O)COc1nc(F)c(Cl)c(N)c1Cl.COC(=O)c1nc(-c2ccc(Cl)c(OC)c2F)cc(N)c1Cl. The molecule has 2 heterocycles. The van der Waals surface area contributed by atoms with Gasteiger partial charge in [0.2, 0.25) is 11.8 Å². The molecule has 4 N–H and O–H groups in total. The summed E-state index contributed by atoms with van der Waals surface area (Å²) in [6.07, 6.45) is 4.99. The second kappa shape index (κ2) is 18.0. The number of pyridine rings is 2. The maximum absolute atomic E-state index is 14.4. The number of unbranched alkanes of at least 4 members (excludes halogenated alkanes) is 3. The number of hydrogen-bond donors (Lipinski definition) is 2. The van der Waals surface area contributed by atoms with E-state index in [9.17, 15) is 18.4 Å². The van der Waals surface area contributed by atoms with Crippen molar-refractivity contribution < 1.29 is 37.3 Å². The van der Waals surface area contributed by atoms with E-state index in [1.807, 2.05) is 6.92 Å². The Hall–Kier alpha value is -3.32. The highest BCUT2D eigenvalue weighted by molar-refractivity contribution is 6.39. The molecule has 0 aliphatic carbocycles. The number of nitrogens with zero attached hydrogens (tertiary/aromatic N) is 2. The van der Waals surface area contributed by atoms with E-state index in [2.05, 4.69) is 21.6 Å². The number of anilines is 2. The number of rotatable bonds is 12. The molecule has 1 aromatic carbocycles. The van der Waals surface area contributed by atoms with Gasteiger partial charge in [0.1, 0.15) is 10.0 Å². The predicted molar refractivity (Wildman–Crippen MR) is 170 cm³/mol. The van der Waals surface area contributed by atoms with Crippen LogP contribution in [-0.4, -0.2) is 48.8 Å². The largest absolute Gasteiger partial charge is 0.492 e. The number of hydrogen-bond acceptors (Lipinski definition) is 10. The molecule has 0 bridgehead atoms. The molecule has 10 nitrogen and oxygen atoms in total. The third-order valence-electron chi connectivity index (χ3n) is 6.06. The van der Waals surface area contributed by atoms with Gasteiger partial charge in [-0.15, -0.1) is 0 Å². The number of esters is 2. The van der Waals surface area contributed by atoms with Crippen LogP contribution in [0.5, 0.6) is 11.6 Å². The Morgan fingerprint density at radius 2 is 1.67 bits per heavy atom. The number of halogens is 6. The van der Waals surface area contributed by atoms with E-state index in [0.29, 0.717) is 0 Å². The minimum absolute atomic E-state index is 0.0584. The molecule has 2 aromatic heterocycles. The van der Waals surface area contributed by atoms with Gasteiger partial charge in [-0.05, 0) is 38.0 Å². The van der Waals surface area contributed by atoms with Crippen LogP contribution in [0.15, 0.2) is 18.2 Å². The van der Waals surface area contributed by atoms with E-state index < -0.39 is 30.3 Å². The Balaban J connectivity index is 0.000000314. The highest BCUT2D eigenvalue weighted by Gasteiger charge is 2.22. The molecule has 1 atom stereocenters. The maximum atomic E-state index is 14.4. The molecule has 16 heteroatoms. The van der Waals surface area contributed by atoms with E-state index in [-0.39, 0.29) is 66.2 Å². The van der Waals surface area contributed by atoms with E-state index >= 15 is 0 Å². The number of ether oxygens (including phenoxy) is 4. The molecular formula is C29H32Cl4F2N4O6. The topological polar surface area (TPSA) is 149 Å². The highest BCUT2D eigenvalue weighted by atomic mass is 35.5. The molecule has 0 spiro atoms. The fourth-order valence-corrected chi connectivity index (χ4v) is 4.52. The lowest BCUT2D eigenvalue weighted by molar-refractivity contribution is -0.151. The van der Waals surface area contributed by atoms with Crippen molar-refractivity contribution in [3.8, 4) is 22.9 Å². The maximum Gasteiger partial charge on any atom is 0.358 e. The number of carbonyl (C=O) groups is 2. The molecule has 3 rings (SSSR count). The first-order chi connectivity index (χ1) is 21.3. The number of benzene rings is 1. The van der Waals surface area contributed by atoms with Gasteiger partial charge in [0, 0.05) is 5.56 Å². The average Bonchev–Trinajstić information content (AvgIpc) is 3.01. The Bertz CT molecular complexity index is 1520. The zero-order valence-electron chi connectivity index (χ0n) is 24.8. The van der Waals surface area contributed by atoms with Gasteiger partial charge in [-0.25, -0.2) is 19.0 Å². The molecule has 0 aliphatic rings. The summed E-state index contributed by atoms with van der Waals surface area (Å²) in [5, 5.41) is -0.474. The van der Waals surface area contributed by atoms with Crippen molar-refractivity contribution in [2.24, 2.45) is 0 Å². The predicted octanol–water partition coefficient (Wildman–Crippen LogP) is 7.96. The summed E-state index contributed by atoms with van der Waals surface area (Å²) in [7, 11) is 2.46. The third kappa shape index (κ3) is 10.4. The second-order valence-corrected chi connectivity index (χ2v) is 10.9. The van der Waals surface area contributed by atoms with Crippen LogP contribution in [0, 0.1) is 11.8 Å². The fraction of sp³-hybridized carbons (Fsp3) is 0.379. The van der Waals surface area contributed by atoms with Crippen LogP contribution in [0.4, 0.5) is 20.2 Å². The first kappa shape index (κ1) is 37.9. The number of carbonyl (C=O) groups excluding carboxylic acids is 2. The van der Waals surface area contributed by atoms with Crippen molar-refractivity contribution in [3.05, 3.63) is 55.7 Å². The Morgan fingerprint density at radius 3 is 2.29 bits per heavy atom. The van der Waals surface area contributed by atoms with Crippen LogP contribution >= 0.6 is 46.4 Å². The van der Waals surface area contributed by atoms with Crippen LogP contribution in [-0.2, 0) is 14.3 Å². The zero-order valence-corrected chi connectivity index (χ0v) is 27.8. The summed E-state index contributed by atoms with van der Waals surface area (Å²) >= 11 is 23.2. The van der Waals surface area contributed by atoms with Gasteiger partial charge >= 0.3 is 11.9 Å². The fourth-order valence-electron chi connectivity index (χ4n) is 3.75. The van der Waals surface area contributed by atoms with Crippen molar-refractivity contribution in [1.82, 2.24) is 9.97 Å². The number of aromatic nitrogens is 2. The van der Waals surface area contributed by atoms with E-state index in [1.54, 1.807) is 0 Å². The number of nitrogen functional groups attached to an aromatic ring is 2. The number of methoxy groups -OCH3 is 2. The van der Waals surface area contributed by atoms with Crippen LogP contribution < -0.4 is 20.9 Å². The second-order valence-electron chi connectivity index (χ2n) is 9.38. The first-order valence-electron chi connectivity index (χ1n) is 13.5. The zero-order chi connectivity index (χ0) is 33.8. The average molecular weight is 712 g/mol. The summed E-state index contributed by atoms with van der Waals surface area (Å²) in [6.45, 7) is 3.51. The Kier molecular flexibility index (Phi) is 15.1. The quantitative estimate of drug-likeness (QED) is 0.108. The summed E-state index contributed by atoms with van der Waals surface area (Å²) in [6, 6.07) is 4.19. The number of nitrogens with two attached hydrogens (primary N) is 2. The van der Waals surface area contributed by atoms with Crippen LogP contribution in [0.2, 0.25) is 20.1 Å².